The van der Waals surface area contributed by atoms with Crippen molar-refractivity contribution in [3.8, 4) is 11.5 Å². The lowest BCUT2D eigenvalue weighted by Crippen LogP contribution is -2.22. The number of amides is 2. The van der Waals surface area contributed by atoms with Gasteiger partial charge >= 0.3 is 0 Å². The molecule has 0 saturated carbocycles. The van der Waals surface area contributed by atoms with Crippen LogP contribution >= 0.6 is 11.8 Å². The summed E-state index contributed by atoms with van der Waals surface area (Å²) in [6.07, 6.45) is 3.26. The maximum atomic E-state index is 12.6. The Balaban J connectivity index is 1.33. The van der Waals surface area contributed by atoms with Gasteiger partial charge in [-0.05, 0) is 48.9 Å². The van der Waals surface area contributed by atoms with Gasteiger partial charge in [-0.1, -0.05) is 36.4 Å². The highest BCUT2D eigenvalue weighted by Crippen LogP contribution is 2.34. The van der Waals surface area contributed by atoms with Crippen molar-refractivity contribution in [3.05, 3.63) is 84.4 Å². The summed E-state index contributed by atoms with van der Waals surface area (Å²) in [6, 6.07) is 22.3. The van der Waals surface area contributed by atoms with E-state index in [1.54, 1.807) is 24.3 Å². The number of anilines is 2. The molecule has 4 rings (SSSR count). The maximum absolute atomic E-state index is 12.6. The van der Waals surface area contributed by atoms with Crippen LogP contribution < -0.4 is 20.1 Å². The molecule has 0 bridgehead atoms. The fourth-order valence-electron chi connectivity index (χ4n) is 3.04. The number of benzene rings is 3. The van der Waals surface area contributed by atoms with E-state index in [0.29, 0.717) is 22.9 Å². The molecule has 1 aliphatic heterocycles. The fraction of sp³-hybridized carbons (Fsp3) is 0.120. The van der Waals surface area contributed by atoms with Crippen LogP contribution in [0.4, 0.5) is 11.4 Å². The van der Waals surface area contributed by atoms with Gasteiger partial charge in [-0.25, -0.2) is 0 Å². The summed E-state index contributed by atoms with van der Waals surface area (Å²) in [6.45, 7) is 2.02. The quantitative estimate of drug-likeness (QED) is 0.386. The van der Waals surface area contributed by atoms with E-state index in [9.17, 15) is 9.59 Å². The SMILES string of the molecule is CC(Sc1cccc(NC(=O)/C=C/c2ccccc2)c1)C(=O)Nc1ccc2c(c1)OCO2. The lowest BCUT2D eigenvalue weighted by Gasteiger charge is -2.13. The van der Waals surface area contributed by atoms with Crippen molar-refractivity contribution < 1.29 is 19.1 Å². The molecule has 3 aromatic carbocycles. The number of carbonyl (C=O) groups excluding carboxylic acids is 2. The first-order valence-corrected chi connectivity index (χ1v) is 11.0. The van der Waals surface area contributed by atoms with E-state index in [0.717, 1.165) is 10.5 Å². The van der Waals surface area contributed by atoms with Crippen molar-refractivity contribution in [1.29, 1.82) is 0 Å². The Morgan fingerprint density at radius 1 is 0.906 bits per heavy atom. The predicted molar refractivity (Wildman–Crippen MR) is 127 cm³/mol. The zero-order valence-electron chi connectivity index (χ0n) is 17.4. The third-order valence-electron chi connectivity index (χ3n) is 4.65. The van der Waals surface area contributed by atoms with Crippen molar-refractivity contribution >= 4 is 41.0 Å². The van der Waals surface area contributed by atoms with Crippen LogP contribution in [0.5, 0.6) is 11.5 Å². The average Bonchev–Trinajstić information content (AvgIpc) is 3.26. The fourth-order valence-corrected chi connectivity index (χ4v) is 3.97. The summed E-state index contributed by atoms with van der Waals surface area (Å²) >= 11 is 1.41. The normalized spacial score (nSPS) is 13.0. The minimum absolute atomic E-state index is 0.130. The van der Waals surface area contributed by atoms with Crippen LogP contribution in [-0.2, 0) is 9.59 Å². The van der Waals surface area contributed by atoms with Crippen LogP contribution in [0.2, 0.25) is 0 Å². The Kier molecular flexibility index (Phi) is 6.77. The average molecular weight is 447 g/mol. The van der Waals surface area contributed by atoms with E-state index in [4.69, 9.17) is 9.47 Å². The van der Waals surface area contributed by atoms with E-state index in [1.807, 2.05) is 61.5 Å². The molecule has 1 heterocycles. The van der Waals surface area contributed by atoms with Gasteiger partial charge in [0.15, 0.2) is 11.5 Å². The largest absolute Gasteiger partial charge is 0.454 e. The van der Waals surface area contributed by atoms with Crippen LogP contribution in [0.25, 0.3) is 6.08 Å². The molecule has 32 heavy (non-hydrogen) atoms. The molecule has 0 spiro atoms. The van der Waals surface area contributed by atoms with Gasteiger partial charge in [-0.15, -0.1) is 11.8 Å². The topological polar surface area (TPSA) is 76.7 Å². The second kappa shape index (κ2) is 10.1. The Bertz CT molecular complexity index is 1150. The Hall–Kier alpha value is -3.71. The van der Waals surface area contributed by atoms with Gasteiger partial charge in [0.1, 0.15) is 0 Å². The number of carbonyl (C=O) groups is 2. The van der Waals surface area contributed by atoms with Crippen molar-refractivity contribution in [2.75, 3.05) is 17.4 Å². The highest BCUT2D eigenvalue weighted by molar-refractivity contribution is 8.00. The lowest BCUT2D eigenvalue weighted by molar-refractivity contribution is -0.115. The Morgan fingerprint density at radius 2 is 1.69 bits per heavy atom. The van der Waals surface area contributed by atoms with Gasteiger partial charge in [0.2, 0.25) is 18.6 Å². The summed E-state index contributed by atoms with van der Waals surface area (Å²) in [5, 5.41) is 5.41. The van der Waals surface area contributed by atoms with Crippen molar-refractivity contribution in [1.82, 2.24) is 0 Å². The minimum Gasteiger partial charge on any atom is -0.454 e. The van der Waals surface area contributed by atoms with Crippen molar-refractivity contribution in [2.45, 2.75) is 17.1 Å². The van der Waals surface area contributed by atoms with Crippen LogP contribution in [0.15, 0.2) is 83.8 Å². The second-order valence-electron chi connectivity index (χ2n) is 7.08. The van der Waals surface area contributed by atoms with E-state index >= 15 is 0 Å². The molecule has 7 heteroatoms. The zero-order valence-corrected chi connectivity index (χ0v) is 18.2. The molecule has 1 atom stereocenters. The standard InChI is InChI=1S/C25H22N2O4S/c1-17(25(29)27-20-11-12-22-23(15-20)31-16-30-22)32-21-9-5-8-19(14-21)26-24(28)13-10-18-6-3-2-4-7-18/h2-15,17H,16H2,1H3,(H,26,28)(H,27,29)/b13-10+. The molecule has 3 aromatic rings. The molecule has 2 N–H and O–H groups in total. The Labute approximate surface area is 190 Å². The van der Waals surface area contributed by atoms with Crippen molar-refractivity contribution in [3.63, 3.8) is 0 Å². The molecule has 1 unspecified atom stereocenters. The van der Waals surface area contributed by atoms with Crippen LogP contribution in [0.1, 0.15) is 12.5 Å². The van der Waals surface area contributed by atoms with Gasteiger partial charge in [0.25, 0.3) is 0 Å². The molecule has 6 nitrogen and oxygen atoms in total. The highest BCUT2D eigenvalue weighted by atomic mass is 32.2. The number of nitrogens with one attached hydrogen (secondary N) is 2. The summed E-state index contributed by atoms with van der Waals surface area (Å²) in [5.41, 5.74) is 2.27. The van der Waals surface area contributed by atoms with Crippen molar-refractivity contribution in [2.24, 2.45) is 0 Å². The summed E-state index contributed by atoms with van der Waals surface area (Å²) in [5.74, 6) is 0.939. The summed E-state index contributed by atoms with van der Waals surface area (Å²) in [4.78, 5) is 25.7. The first kappa shape index (κ1) is 21.5. The number of thioether (sulfide) groups is 1. The first-order valence-electron chi connectivity index (χ1n) is 10.1. The highest BCUT2D eigenvalue weighted by Gasteiger charge is 2.18. The number of rotatable bonds is 7. The number of fused-ring (bicyclic) bond motifs is 1. The third kappa shape index (κ3) is 5.70. The molecule has 0 aromatic heterocycles. The number of hydrogen-bond acceptors (Lipinski definition) is 5. The predicted octanol–water partition coefficient (Wildman–Crippen LogP) is 5.19. The van der Waals surface area contributed by atoms with E-state index < -0.39 is 0 Å². The van der Waals surface area contributed by atoms with Crippen LogP contribution in [0, 0.1) is 0 Å². The lowest BCUT2D eigenvalue weighted by atomic mass is 10.2. The van der Waals surface area contributed by atoms with Gasteiger partial charge in [-0.2, -0.15) is 0 Å². The Morgan fingerprint density at radius 3 is 2.53 bits per heavy atom. The van der Waals surface area contributed by atoms with E-state index in [-0.39, 0.29) is 23.9 Å². The van der Waals surface area contributed by atoms with Crippen LogP contribution in [-0.4, -0.2) is 23.9 Å². The third-order valence-corrected chi connectivity index (χ3v) is 5.74. The number of hydrogen-bond donors (Lipinski definition) is 2. The zero-order chi connectivity index (χ0) is 22.3. The van der Waals surface area contributed by atoms with Gasteiger partial charge < -0.3 is 20.1 Å². The van der Waals surface area contributed by atoms with E-state index in [2.05, 4.69) is 10.6 Å². The molecule has 0 saturated heterocycles. The van der Waals surface area contributed by atoms with Gasteiger partial charge in [-0.3, -0.25) is 9.59 Å². The monoisotopic (exact) mass is 446 g/mol. The van der Waals surface area contributed by atoms with Gasteiger partial charge in [0.05, 0.1) is 5.25 Å². The molecule has 0 radical (unpaired) electrons. The van der Waals surface area contributed by atoms with E-state index in [1.165, 1.54) is 17.8 Å². The summed E-state index contributed by atoms with van der Waals surface area (Å²) in [7, 11) is 0. The molecular formula is C25H22N2O4S. The molecule has 2 amide bonds. The summed E-state index contributed by atoms with van der Waals surface area (Å²) < 4.78 is 10.6. The molecule has 1 aliphatic rings. The molecule has 162 valence electrons. The molecule has 0 aliphatic carbocycles. The molecule has 0 fully saturated rings. The maximum Gasteiger partial charge on any atom is 0.248 e. The van der Waals surface area contributed by atoms with Crippen LogP contribution in [0.3, 0.4) is 0 Å². The minimum atomic E-state index is -0.343. The smallest absolute Gasteiger partial charge is 0.248 e. The second-order valence-corrected chi connectivity index (χ2v) is 8.49. The molecular weight excluding hydrogens is 424 g/mol. The first-order chi connectivity index (χ1) is 15.6. The number of ether oxygens (including phenoxy) is 2. The van der Waals surface area contributed by atoms with Gasteiger partial charge in [0, 0.05) is 28.4 Å².